The molecule has 0 aromatic heterocycles. The van der Waals surface area contributed by atoms with Gasteiger partial charge in [-0.25, -0.2) is 4.89 Å². The first-order valence-corrected chi connectivity index (χ1v) is 7.78. The molecule has 0 bridgehead atoms. The van der Waals surface area contributed by atoms with E-state index in [1.165, 1.54) is 14.0 Å². The van der Waals surface area contributed by atoms with Crippen molar-refractivity contribution >= 4 is 5.97 Å². The minimum atomic E-state index is -1.76. The second-order valence-electron chi connectivity index (χ2n) is 6.06. The van der Waals surface area contributed by atoms with Gasteiger partial charge in [-0.1, -0.05) is 60.7 Å². The molecule has 0 unspecified atom stereocenters. The van der Waals surface area contributed by atoms with E-state index in [4.69, 9.17) is 14.5 Å². The molecule has 0 spiro atoms. The molecule has 2 aromatic rings. The molecule has 5 heteroatoms. The number of rotatable bonds is 3. The van der Waals surface area contributed by atoms with E-state index in [1.807, 2.05) is 60.7 Å². The van der Waals surface area contributed by atoms with Gasteiger partial charge in [-0.3, -0.25) is 4.79 Å². The maximum absolute atomic E-state index is 12.2. The smallest absolute Gasteiger partial charge is 0.314 e. The topological polar surface area (TPSA) is 65.0 Å². The van der Waals surface area contributed by atoms with Crippen LogP contribution in [0.1, 0.15) is 24.5 Å². The quantitative estimate of drug-likeness (QED) is 0.693. The summed E-state index contributed by atoms with van der Waals surface area (Å²) in [6, 6.07) is 19.0. The van der Waals surface area contributed by atoms with Crippen molar-refractivity contribution < 1.29 is 24.4 Å². The molecule has 1 aliphatic rings. The number of aliphatic hydroxyl groups is 1. The van der Waals surface area contributed by atoms with Crippen molar-refractivity contribution in [3.63, 3.8) is 0 Å². The monoisotopic (exact) mass is 328 g/mol. The highest BCUT2D eigenvalue weighted by Crippen LogP contribution is 2.47. The number of hydrogen-bond donors (Lipinski definition) is 1. The van der Waals surface area contributed by atoms with Crippen LogP contribution in [0.2, 0.25) is 0 Å². The molecular weight excluding hydrogens is 308 g/mol. The Labute approximate surface area is 140 Å². The summed E-state index contributed by atoms with van der Waals surface area (Å²) in [5, 5.41) is 10.4. The first-order chi connectivity index (χ1) is 11.5. The van der Waals surface area contributed by atoms with Crippen molar-refractivity contribution in [3.05, 3.63) is 71.8 Å². The predicted molar refractivity (Wildman–Crippen MR) is 86.6 cm³/mol. The molecule has 1 N–H and O–H groups in total. The zero-order valence-corrected chi connectivity index (χ0v) is 13.6. The highest BCUT2D eigenvalue weighted by atomic mass is 17.2. The Hall–Kier alpha value is -2.21. The lowest BCUT2D eigenvalue weighted by Gasteiger charge is -2.45. The van der Waals surface area contributed by atoms with Crippen LogP contribution in [0.4, 0.5) is 0 Å². The van der Waals surface area contributed by atoms with Gasteiger partial charge < -0.3 is 9.84 Å². The summed E-state index contributed by atoms with van der Waals surface area (Å²) in [7, 11) is 1.29. The van der Waals surface area contributed by atoms with Crippen molar-refractivity contribution in [2.24, 2.45) is 5.92 Å². The van der Waals surface area contributed by atoms with Gasteiger partial charge in [0.2, 0.25) is 5.79 Å². The average Bonchev–Trinajstić information content (AvgIpc) is 2.63. The fraction of sp³-hybridized carbons (Fsp3) is 0.316. The van der Waals surface area contributed by atoms with Crippen LogP contribution < -0.4 is 0 Å². The van der Waals surface area contributed by atoms with E-state index in [-0.39, 0.29) is 6.42 Å². The molecule has 1 saturated heterocycles. The Bertz CT molecular complexity index is 657. The Morgan fingerprint density at radius 1 is 1.04 bits per heavy atom. The number of methoxy groups -OCH3 is 1. The number of esters is 1. The van der Waals surface area contributed by atoms with Crippen molar-refractivity contribution in [3.8, 4) is 0 Å². The predicted octanol–water partition coefficient (Wildman–Crippen LogP) is 2.78. The van der Waals surface area contributed by atoms with Gasteiger partial charge in [0.05, 0.1) is 7.11 Å². The zero-order valence-electron chi connectivity index (χ0n) is 13.6. The molecule has 1 heterocycles. The minimum Gasteiger partial charge on any atom is -0.469 e. The molecule has 126 valence electrons. The molecule has 5 nitrogen and oxygen atoms in total. The molecule has 1 fully saturated rings. The first-order valence-electron chi connectivity index (χ1n) is 7.78. The van der Waals surface area contributed by atoms with Crippen LogP contribution in [0.5, 0.6) is 0 Å². The lowest BCUT2D eigenvalue weighted by molar-refractivity contribution is -0.489. The fourth-order valence-corrected chi connectivity index (χ4v) is 3.08. The van der Waals surface area contributed by atoms with Gasteiger partial charge in [-0.05, 0) is 18.1 Å². The summed E-state index contributed by atoms with van der Waals surface area (Å²) in [5.41, 5.74) is 0.657. The van der Waals surface area contributed by atoms with E-state index >= 15 is 0 Å². The number of ether oxygens (including phenoxy) is 1. The lowest BCUT2D eigenvalue weighted by Crippen LogP contribution is -2.53. The second-order valence-corrected chi connectivity index (χ2v) is 6.06. The van der Waals surface area contributed by atoms with Gasteiger partial charge >= 0.3 is 5.97 Å². The molecule has 24 heavy (non-hydrogen) atoms. The van der Waals surface area contributed by atoms with E-state index in [0.717, 1.165) is 11.1 Å². The molecular formula is C19H20O5. The third kappa shape index (κ3) is 2.82. The van der Waals surface area contributed by atoms with E-state index in [9.17, 15) is 9.90 Å². The molecule has 0 aliphatic carbocycles. The van der Waals surface area contributed by atoms with Crippen LogP contribution >= 0.6 is 0 Å². The molecule has 0 saturated carbocycles. The molecule has 3 rings (SSSR count). The van der Waals surface area contributed by atoms with Crippen molar-refractivity contribution in [1.82, 2.24) is 0 Å². The number of carbonyl (C=O) groups is 1. The molecule has 0 radical (unpaired) electrons. The summed E-state index contributed by atoms with van der Waals surface area (Å²) in [5.74, 6) is -3.20. The summed E-state index contributed by atoms with van der Waals surface area (Å²) in [6.45, 7) is 1.40. The van der Waals surface area contributed by atoms with Gasteiger partial charge in [-0.15, -0.1) is 0 Å². The Morgan fingerprint density at radius 3 is 2.00 bits per heavy atom. The van der Waals surface area contributed by atoms with Gasteiger partial charge in [-0.2, -0.15) is 4.89 Å². The summed E-state index contributed by atoms with van der Waals surface area (Å²) < 4.78 is 4.86. The number of carbonyl (C=O) groups excluding carboxylic acids is 1. The van der Waals surface area contributed by atoms with E-state index in [2.05, 4.69) is 0 Å². The normalized spacial score (nSPS) is 25.9. The second kappa shape index (κ2) is 6.36. The van der Waals surface area contributed by atoms with Crippen LogP contribution in [-0.2, 0) is 24.9 Å². The van der Waals surface area contributed by atoms with Gasteiger partial charge in [0.25, 0.3) is 0 Å². The Kier molecular flexibility index (Phi) is 4.41. The molecule has 2 atom stereocenters. The third-order valence-electron chi connectivity index (χ3n) is 4.46. The van der Waals surface area contributed by atoms with Crippen molar-refractivity contribution in [2.45, 2.75) is 24.7 Å². The van der Waals surface area contributed by atoms with E-state index in [0.29, 0.717) is 0 Å². The molecule has 0 amide bonds. The Morgan fingerprint density at radius 2 is 1.54 bits per heavy atom. The minimum absolute atomic E-state index is 0.195. The van der Waals surface area contributed by atoms with Crippen LogP contribution in [0.15, 0.2) is 60.7 Å². The summed E-state index contributed by atoms with van der Waals surface area (Å²) >= 11 is 0. The van der Waals surface area contributed by atoms with Gasteiger partial charge in [0, 0.05) is 6.42 Å². The standard InChI is InChI=1S/C19H20O5/c1-18(21)16(17(20)22-2)13-19(24-23-18,14-9-5-3-6-10-14)15-11-7-4-8-12-15/h3-12,16,21H,13H2,1-2H3/t16-,18-/m1/s1. The van der Waals surface area contributed by atoms with E-state index in [1.54, 1.807) is 0 Å². The maximum atomic E-state index is 12.2. The number of benzene rings is 2. The first kappa shape index (κ1) is 16.6. The number of hydrogen-bond acceptors (Lipinski definition) is 5. The van der Waals surface area contributed by atoms with Crippen molar-refractivity contribution in [1.29, 1.82) is 0 Å². The fourth-order valence-electron chi connectivity index (χ4n) is 3.08. The lowest BCUT2D eigenvalue weighted by atomic mass is 9.76. The van der Waals surface area contributed by atoms with E-state index < -0.39 is 23.3 Å². The third-order valence-corrected chi connectivity index (χ3v) is 4.46. The van der Waals surface area contributed by atoms with Crippen LogP contribution in [0, 0.1) is 5.92 Å². The molecule has 2 aromatic carbocycles. The molecule has 1 aliphatic heterocycles. The van der Waals surface area contributed by atoms with Crippen LogP contribution in [-0.4, -0.2) is 24.0 Å². The summed E-state index contributed by atoms with van der Waals surface area (Å²) in [4.78, 5) is 23.2. The largest absolute Gasteiger partial charge is 0.469 e. The highest BCUT2D eigenvalue weighted by Gasteiger charge is 2.54. The SMILES string of the molecule is COC(=O)[C@H]1CC(c2ccccc2)(c2ccccc2)OO[C@@]1(C)O. The van der Waals surface area contributed by atoms with Crippen LogP contribution in [0.3, 0.4) is 0 Å². The Balaban J connectivity index is 2.12. The highest BCUT2D eigenvalue weighted by molar-refractivity contribution is 5.74. The maximum Gasteiger partial charge on any atom is 0.314 e. The van der Waals surface area contributed by atoms with Crippen molar-refractivity contribution in [2.75, 3.05) is 7.11 Å². The summed E-state index contributed by atoms with van der Waals surface area (Å²) in [6.07, 6.45) is 0.195. The zero-order chi connectivity index (χ0) is 17.2. The average molecular weight is 328 g/mol. The van der Waals surface area contributed by atoms with Gasteiger partial charge in [0.1, 0.15) is 5.92 Å². The van der Waals surface area contributed by atoms with Crippen LogP contribution in [0.25, 0.3) is 0 Å². The van der Waals surface area contributed by atoms with Gasteiger partial charge in [0.15, 0.2) is 5.60 Å².